The monoisotopic (exact) mass is 435 g/mol. The van der Waals surface area contributed by atoms with E-state index < -0.39 is 17.8 Å². The number of para-hydroxylation sites is 1. The summed E-state index contributed by atoms with van der Waals surface area (Å²) in [6.45, 7) is 1.81. The molecular formula is C23H18ClN3O4. The Hall–Kier alpha value is -3.97. The molecule has 0 aliphatic rings. The van der Waals surface area contributed by atoms with Gasteiger partial charge in [0.25, 0.3) is 0 Å². The first kappa shape index (κ1) is 21.7. The van der Waals surface area contributed by atoms with Crippen LogP contribution in [0.3, 0.4) is 0 Å². The SMILES string of the molecule is Cc1ccccc1C(=O)Oc1ccccc1/C=N/NC(=O)C(=O)Nc1ccc(Cl)cc1. The summed E-state index contributed by atoms with van der Waals surface area (Å²) in [5.74, 6) is -2.09. The number of rotatable bonds is 5. The zero-order valence-corrected chi connectivity index (χ0v) is 17.2. The molecule has 2 N–H and O–H groups in total. The smallest absolute Gasteiger partial charge is 0.343 e. The molecule has 156 valence electrons. The van der Waals surface area contributed by atoms with Crippen molar-refractivity contribution in [3.63, 3.8) is 0 Å². The molecule has 0 unspecified atom stereocenters. The topological polar surface area (TPSA) is 96.9 Å². The van der Waals surface area contributed by atoms with Gasteiger partial charge in [-0.15, -0.1) is 0 Å². The average molecular weight is 436 g/mol. The number of halogens is 1. The quantitative estimate of drug-likeness (QED) is 0.208. The number of nitrogens with zero attached hydrogens (tertiary/aromatic N) is 1. The average Bonchev–Trinajstić information content (AvgIpc) is 2.76. The summed E-state index contributed by atoms with van der Waals surface area (Å²) >= 11 is 5.78. The van der Waals surface area contributed by atoms with Gasteiger partial charge in [-0.2, -0.15) is 5.10 Å². The maximum Gasteiger partial charge on any atom is 0.343 e. The first-order chi connectivity index (χ1) is 14.9. The molecule has 0 atom stereocenters. The fourth-order valence-corrected chi connectivity index (χ4v) is 2.70. The number of hydrogen-bond donors (Lipinski definition) is 2. The van der Waals surface area contributed by atoms with Gasteiger partial charge in [-0.3, -0.25) is 9.59 Å². The highest BCUT2D eigenvalue weighted by Gasteiger charge is 2.14. The molecule has 3 rings (SSSR count). The van der Waals surface area contributed by atoms with E-state index in [9.17, 15) is 14.4 Å². The molecule has 0 saturated heterocycles. The van der Waals surface area contributed by atoms with E-state index in [0.29, 0.717) is 21.8 Å². The number of anilines is 1. The molecule has 0 spiro atoms. The molecule has 3 aromatic rings. The molecule has 0 aliphatic heterocycles. The van der Waals surface area contributed by atoms with E-state index >= 15 is 0 Å². The van der Waals surface area contributed by atoms with Crippen LogP contribution in [0.2, 0.25) is 5.02 Å². The van der Waals surface area contributed by atoms with E-state index in [2.05, 4.69) is 15.8 Å². The van der Waals surface area contributed by atoms with Crippen molar-refractivity contribution in [2.75, 3.05) is 5.32 Å². The summed E-state index contributed by atoms with van der Waals surface area (Å²) in [6.07, 6.45) is 1.29. The van der Waals surface area contributed by atoms with E-state index in [-0.39, 0.29) is 5.75 Å². The molecule has 0 bridgehead atoms. The number of hydrogen-bond acceptors (Lipinski definition) is 5. The minimum atomic E-state index is -0.958. The molecule has 0 aromatic heterocycles. The predicted molar refractivity (Wildman–Crippen MR) is 118 cm³/mol. The number of aryl methyl sites for hydroxylation is 1. The highest BCUT2D eigenvalue weighted by Crippen LogP contribution is 2.19. The van der Waals surface area contributed by atoms with Crippen LogP contribution in [0, 0.1) is 6.92 Å². The van der Waals surface area contributed by atoms with Gasteiger partial charge >= 0.3 is 17.8 Å². The molecular weight excluding hydrogens is 418 g/mol. The number of esters is 1. The Morgan fingerprint density at radius 2 is 1.58 bits per heavy atom. The Morgan fingerprint density at radius 1 is 0.903 bits per heavy atom. The van der Waals surface area contributed by atoms with E-state index in [1.165, 1.54) is 6.21 Å². The minimum absolute atomic E-state index is 0.263. The zero-order chi connectivity index (χ0) is 22.2. The van der Waals surface area contributed by atoms with Crippen LogP contribution in [0.25, 0.3) is 0 Å². The van der Waals surface area contributed by atoms with Crippen molar-refractivity contribution in [2.45, 2.75) is 6.92 Å². The van der Waals surface area contributed by atoms with Crippen molar-refractivity contribution in [3.8, 4) is 5.75 Å². The van der Waals surface area contributed by atoms with Crippen molar-refractivity contribution < 1.29 is 19.1 Å². The fraction of sp³-hybridized carbons (Fsp3) is 0.0435. The van der Waals surface area contributed by atoms with Crippen LogP contribution in [0.4, 0.5) is 5.69 Å². The van der Waals surface area contributed by atoms with Crippen LogP contribution < -0.4 is 15.5 Å². The number of ether oxygens (including phenoxy) is 1. The van der Waals surface area contributed by atoms with Gasteiger partial charge in [-0.25, -0.2) is 10.2 Å². The van der Waals surface area contributed by atoms with Crippen molar-refractivity contribution in [1.29, 1.82) is 0 Å². The fourth-order valence-electron chi connectivity index (χ4n) is 2.57. The summed E-state index contributed by atoms with van der Waals surface area (Å²) < 4.78 is 5.47. The first-order valence-corrected chi connectivity index (χ1v) is 9.58. The third-order valence-electron chi connectivity index (χ3n) is 4.16. The van der Waals surface area contributed by atoms with Crippen LogP contribution >= 0.6 is 11.6 Å². The second-order valence-electron chi connectivity index (χ2n) is 6.40. The number of benzene rings is 3. The van der Waals surface area contributed by atoms with Crippen LogP contribution in [-0.2, 0) is 9.59 Å². The van der Waals surface area contributed by atoms with Crippen LogP contribution in [-0.4, -0.2) is 24.0 Å². The van der Waals surface area contributed by atoms with Crippen molar-refractivity contribution >= 4 is 41.3 Å². The van der Waals surface area contributed by atoms with Gasteiger partial charge in [0.1, 0.15) is 5.75 Å². The summed E-state index contributed by atoms with van der Waals surface area (Å²) in [4.78, 5) is 36.3. The van der Waals surface area contributed by atoms with Crippen molar-refractivity contribution in [2.24, 2.45) is 5.10 Å². The molecule has 31 heavy (non-hydrogen) atoms. The summed E-state index contributed by atoms with van der Waals surface area (Å²) in [5.41, 5.74) is 4.24. The largest absolute Gasteiger partial charge is 0.422 e. The highest BCUT2D eigenvalue weighted by molar-refractivity contribution is 6.39. The lowest BCUT2D eigenvalue weighted by Crippen LogP contribution is -2.32. The van der Waals surface area contributed by atoms with Gasteiger partial charge < -0.3 is 10.1 Å². The highest BCUT2D eigenvalue weighted by atomic mass is 35.5. The maximum absolute atomic E-state index is 12.5. The standard InChI is InChI=1S/C23H18ClN3O4/c1-15-6-2-4-8-19(15)23(30)31-20-9-5-3-7-16(20)14-25-27-22(29)21(28)26-18-12-10-17(24)11-13-18/h2-14H,1H3,(H,26,28)(H,27,29)/b25-14+. The molecule has 3 aromatic carbocycles. The molecule has 0 radical (unpaired) electrons. The van der Waals surface area contributed by atoms with Gasteiger partial charge in [0.2, 0.25) is 0 Å². The molecule has 0 heterocycles. The second-order valence-corrected chi connectivity index (χ2v) is 6.84. The number of amides is 2. The van der Waals surface area contributed by atoms with Crippen molar-refractivity contribution in [1.82, 2.24) is 5.43 Å². The van der Waals surface area contributed by atoms with Gasteiger partial charge in [0.15, 0.2) is 0 Å². The zero-order valence-electron chi connectivity index (χ0n) is 16.5. The molecule has 8 heteroatoms. The summed E-state index contributed by atoms with van der Waals surface area (Å²) in [5, 5.41) is 6.71. The number of hydrazone groups is 1. The molecule has 7 nitrogen and oxygen atoms in total. The molecule has 0 saturated carbocycles. The molecule has 0 aliphatic carbocycles. The Kier molecular flexibility index (Phi) is 7.13. The lowest BCUT2D eigenvalue weighted by atomic mass is 10.1. The van der Waals surface area contributed by atoms with Gasteiger partial charge in [0.05, 0.1) is 11.8 Å². The first-order valence-electron chi connectivity index (χ1n) is 9.21. The van der Waals surface area contributed by atoms with Gasteiger partial charge in [-0.05, 0) is 55.0 Å². The normalized spacial score (nSPS) is 10.5. The Morgan fingerprint density at radius 3 is 2.32 bits per heavy atom. The third kappa shape index (κ3) is 6.01. The predicted octanol–water partition coefficient (Wildman–Crippen LogP) is 3.96. The Labute approximate surface area is 183 Å². The lowest BCUT2D eigenvalue weighted by molar-refractivity contribution is -0.136. The number of nitrogens with one attached hydrogen (secondary N) is 2. The maximum atomic E-state index is 12.5. The van der Waals surface area contributed by atoms with E-state index in [4.69, 9.17) is 16.3 Å². The Bertz CT molecular complexity index is 1140. The Balaban J connectivity index is 1.63. The minimum Gasteiger partial charge on any atom is -0.422 e. The van der Waals surface area contributed by atoms with Crippen LogP contribution in [0.1, 0.15) is 21.5 Å². The summed E-state index contributed by atoms with van der Waals surface area (Å²) in [7, 11) is 0. The van der Waals surface area contributed by atoms with E-state index in [0.717, 1.165) is 5.56 Å². The van der Waals surface area contributed by atoms with Gasteiger partial charge in [-0.1, -0.05) is 41.9 Å². The number of carbonyl (C=O) groups is 3. The van der Waals surface area contributed by atoms with Gasteiger partial charge in [0, 0.05) is 16.3 Å². The second kappa shape index (κ2) is 10.2. The molecule has 0 fully saturated rings. The lowest BCUT2D eigenvalue weighted by Gasteiger charge is -2.09. The molecule has 2 amide bonds. The number of carbonyl (C=O) groups excluding carboxylic acids is 3. The van der Waals surface area contributed by atoms with Crippen molar-refractivity contribution in [3.05, 3.63) is 94.5 Å². The third-order valence-corrected chi connectivity index (χ3v) is 4.42. The van der Waals surface area contributed by atoms with Crippen LogP contribution in [0.5, 0.6) is 5.75 Å². The van der Waals surface area contributed by atoms with E-state index in [1.54, 1.807) is 60.7 Å². The van der Waals surface area contributed by atoms with Crippen LogP contribution in [0.15, 0.2) is 77.9 Å². The van der Waals surface area contributed by atoms with E-state index in [1.807, 2.05) is 19.1 Å². The summed E-state index contributed by atoms with van der Waals surface area (Å²) in [6, 6.07) is 20.1.